The molecule has 1 aliphatic rings. The van der Waals surface area contributed by atoms with E-state index in [1.54, 1.807) is 25.8 Å². The zero-order valence-electron chi connectivity index (χ0n) is 10.4. The van der Waals surface area contributed by atoms with Crippen LogP contribution in [0.1, 0.15) is 33.6 Å². The molecule has 0 aliphatic carbocycles. The number of hydroxylamine groups is 2. The summed E-state index contributed by atoms with van der Waals surface area (Å²) in [6.45, 7) is 6.18. The van der Waals surface area contributed by atoms with Crippen molar-refractivity contribution in [3.63, 3.8) is 0 Å². The Bertz CT molecular complexity index is 300. The maximum Gasteiger partial charge on any atom is 0.403 e. The molecule has 1 heterocycles. The number of carbonyl (C=O) groups is 2. The maximum atomic E-state index is 11.7. The molecule has 0 amide bonds. The molecule has 0 N–H and O–H groups in total. The Morgan fingerprint density at radius 1 is 1.41 bits per heavy atom. The van der Waals surface area contributed by atoms with Gasteiger partial charge in [0.1, 0.15) is 6.61 Å². The van der Waals surface area contributed by atoms with Crippen LogP contribution in [-0.4, -0.2) is 35.7 Å². The van der Waals surface area contributed by atoms with Gasteiger partial charge in [0, 0.05) is 18.1 Å². The van der Waals surface area contributed by atoms with E-state index < -0.39 is 10.8 Å². The van der Waals surface area contributed by atoms with Gasteiger partial charge in [-0.25, -0.2) is 9.59 Å². The van der Waals surface area contributed by atoms with Gasteiger partial charge >= 0.3 is 11.4 Å². The quantitative estimate of drug-likeness (QED) is 0.732. The first-order chi connectivity index (χ1) is 7.80. The van der Waals surface area contributed by atoms with Gasteiger partial charge in [-0.15, -0.1) is 5.06 Å². The second-order valence-corrected chi connectivity index (χ2v) is 5.42. The zero-order chi connectivity index (χ0) is 13.1. The SMILES string of the molecule is CC(C)(C)C(=O)ON1CCC[C@@H]1COC(=O)Cl. The average Bonchev–Trinajstić information content (AvgIpc) is 2.60. The van der Waals surface area contributed by atoms with Crippen LogP contribution < -0.4 is 0 Å². The van der Waals surface area contributed by atoms with Crippen molar-refractivity contribution in [2.75, 3.05) is 13.2 Å². The molecule has 1 saturated heterocycles. The summed E-state index contributed by atoms with van der Waals surface area (Å²) in [6.07, 6.45) is 1.73. The van der Waals surface area contributed by atoms with Crippen LogP contribution in [0.15, 0.2) is 0 Å². The Morgan fingerprint density at radius 2 is 2.06 bits per heavy atom. The summed E-state index contributed by atoms with van der Waals surface area (Å²) < 4.78 is 4.72. The summed E-state index contributed by atoms with van der Waals surface area (Å²) in [5, 5.41) is 1.58. The van der Waals surface area contributed by atoms with Crippen LogP contribution in [0.5, 0.6) is 0 Å². The van der Waals surface area contributed by atoms with Crippen molar-refractivity contribution < 1.29 is 19.2 Å². The summed E-state index contributed by atoms with van der Waals surface area (Å²) in [4.78, 5) is 27.5. The number of carbonyl (C=O) groups excluding carboxylic acids is 2. The fourth-order valence-electron chi connectivity index (χ4n) is 1.50. The molecule has 6 heteroatoms. The Labute approximate surface area is 106 Å². The van der Waals surface area contributed by atoms with Crippen molar-refractivity contribution in [3.8, 4) is 0 Å². The monoisotopic (exact) mass is 263 g/mol. The fraction of sp³-hybridized carbons (Fsp3) is 0.818. The molecule has 17 heavy (non-hydrogen) atoms. The molecule has 0 spiro atoms. The smallest absolute Gasteiger partial charge is 0.403 e. The minimum atomic E-state index is -0.834. The van der Waals surface area contributed by atoms with Crippen LogP contribution in [-0.2, 0) is 14.4 Å². The van der Waals surface area contributed by atoms with Gasteiger partial charge in [-0.3, -0.25) is 0 Å². The lowest BCUT2D eigenvalue weighted by Crippen LogP contribution is -2.38. The van der Waals surface area contributed by atoms with Crippen molar-refractivity contribution in [2.24, 2.45) is 5.41 Å². The summed E-state index contributed by atoms with van der Waals surface area (Å²) >= 11 is 5.09. The molecular weight excluding hydrogens is 246 g/mol. The molecule has 5 nitrogen and oxygen atoms in total. The predicted octanol–water partition coefficient (Wildman–Crippen LogP) is 2.33. The third kappa shape index (κ3) is 4.52. The molecule has 0 saturated carbocycles. The highest BCUT2D eigenvalue weighted by Gasteiger charge is 2.32. The van der Waals surface area contributed by atoms with Crippen LogP contribution in [0.2, 0.25) is 0 Å². The molecule has 98 valence electrons. The number of hydrogen-bond acceptors (Lipinski definition) is 5. The first-order valence-electron chi connectivity index (χ1n) is 5.62. The normalized spacial score (nSPS) is 21.3. The first kappa shape index (κ1) is 14.3. The number of nitrogens with zero attached hydrogens (tertiary/aromatic N) is 1. The molecule has 0 aromatic carbocycles. The van der Waals surface area contributed by atoms with Gasteiger partial charge in [0.05, 0.1) is 11.5 Å². The van der Waals surface area contributed by atoms with Crippen molar-refractivity contribution >= 4 is 23.0 Å². The van der Waals surface area contributed by atoms with E-state index >= 15 is 0 Å². The second-order valence-electron chi connectivity index (χ2n) is 5.11. The predicted molar refractivity (Wildman–Crippen MR) is 62.5 cm³/mol. The van der Waals surface area contributed by atoms with Crippen LogP contribution in [0, 0.1) is 5.41 Å². The molecule has 1 atom stereocenters. The molecule has 0 radical (unpaired) electrons. The third-order valence-corrected chi connectivity index (χ3v) is 2.63. The second kappa shape index (κ2) is 5.69. The molecular formula is C11H18ClNO4. The first-order valence-corrected chi connectivity index (χ1v) is 6.00. The lowest BCUT2D eigenvalue weighted by molar-refractivity contribution is -0.206. The fourth-order valence-corrected chi connectivity index (χ4v) is 1.56. The van der Waals surface area contributed by atoms with E-state index in [1.807, 2.05) is 0 Å². The van der Waals surface area contributed by atoms with Crippen LogP contribution in [0.4, 0.5) is 4.79 Å². The molecule has 0 unspecified atom stereocenters. The zero-order valence-corrected chi connectivity index (χ0v) is 11.1. The molecule has 1 rings (SSSR count). The van der Waals surface area contributed by atoms with Gasteiger partial charge in [-0.05, 0) is 33.6 Å². The summed E-state index contributed by atoms with van der Waals surface area (Å²) in [7, 11) is 0. The average molecular weight is 264 g/mol. The summed E-state index contributed by atoms with van der Waals surface area (Å²) in [5.41, 5.74) is -1.38. The summed E-state index contributed by atoms with van der Waals surface area (Å²) in [5.74, 6) is -0.290. The van der Waals surface area contributed by atoms with Crippen molar-refractivity contribution in [1.29, 1.82) is 0 Å². The topological polar surface area (TPSA) is 55.8 Å². The molecule has 0 bridgehead atoms. The van der Waals surface area contributed by atoms with E-state index in [0.29, 0.717) is 6.54 Å². The Morgan fingerprint density at radius 3 is 2.59 bits per heavy atom. The summed E-state index contributed by atoms with van der Waals surface area (Å²) in [6, 6.07) is -0.0935. The van der Waals surface area contributed by atoms with Crippen molar-refractivity contribution in [3.05, 3.63) is 0 Å². The van der Waals surface area contributed by atoms with E-state index in [-0.39, 0.29) is 18.6 Å². The van der Waals surface area contributed by atoms with Gasteiger partial charge in [0.2, 0.25) is 0 Å². The highest BCUT2D eigenvalue weighted by atomic mass is 35.5. The lowest BCUT2D eigenvalue weighted by Gasteiger charge is -2.26. The van der Waals surface area contributed by atoms with Gasteiger partial charge in [-0.2, -0.15) is 0 Å². The van der Waals surface area contributed by atoms with Crippen molar-refractivity contribution in [1.82, 2.24) is 5.06 Å². The minimum absolute atomic E-state index is 0.0935. The van der Waals surface area contributed by atoms with Gasteiger partial charge < -0.3 is 9.57 Å². The lowest BCUT2D eigenvalue weighted by atomic mass is 9.98. The number of halogens is 1. The van der Waals surface area contributed by atoms with Gasteiger partial charge in [-0.1, -0.05) is 0 Å². The molecule has 0 aromatic heterocycles. The van der Waals surface area contributed by atoms with E-state index in [4.69, 9.17) is 21.2 Å². The highest BCUT2D eigenvalue weighted by molar-refractivity contribution is 6.61. The molecule has 0 aromatic rings. The number of ether oxygens (including phenoxy) is 1. The Balaban J connectivity index is 2.47. The van der Waals surface area contributed by atoms with Crippen molar-refractivity contribution in [2.45, 2.75) is 39.7 Å². The number of rotatable bonds is 3. The highest BCUT2D eigenvalue weighted by Crippen LogP contribution is 2.22. The Kier molecular flexibility index (Phi) is 4.77. The van der Waals surface area contributed by atoms with Gasteiger partial charge in [0.15, 0.2) is 0 Å². The standard InChI is InChI=1S/C11H18ClNO4/c1-11(2,3)9(14)17-13-6-4-5-8(13)7-16-10(12)15/h8H,4-7H2,1-3H3/t8-/m1/s1. The largest absolute Gasteiger partial charge is 0.452 e. The van der Waals surface area contributed by atoms with Crippen LogP contribution in [0.3, 0.4) is 0 Å². The Hall–Kier alpha value is -0.810. The maximum absolute atomic E-state index is 11.7. The van der Waals surface area contributed by atoms with E-state index in [9.17, 15) is 9.59 Å². The van der Waals surface area contributed by atoms with E-state index in [2.05, 4.69) is 0 Å². The molecule has 1 aliphatic heterocycles. The third-order valence-electron chi connectivity index (χ3n) is 2.52. The van der Waals surface area contributed by atoms with E-state index in [0.717, 1.165) is 12.8 Å². The number of hydrogen-bond donors (Lipinski definition) is 0. The van der Waals surface area contributed by atoms with Crippen LogP contribution >= 0.6 is 11.6 Å². The molecule has 1 fully saturated rings. The van der Waals surface area contributed by atoms with Crippen LogP contribution in [0.25, 0.3) is 0 Å². The minimum Gasteiger partial charge on any atom is -0.452 e. The van der Waals surface area contributed by atoms with Gasteiger partial charge in [0.25, 0.3) is 0 Å². The van der Waals surface area contributed by atoms with E-state index in [1.165, 1.54) is 0 Å².